The van der Waals surface area contributed by atoms with E-state index in [1.807, 2.05) is 25.2 Å². The third-order valence-electron chi connectivity index (χ3n) is 6.18. The number of guanidine groups is 1. The van der Waals surface area contributed by atoms with Crippen molar-refractivity contribution in [3.05, 3.63) is 29.8 Å². The quantitative estimate of drug-likeness (QED) is 0.310. The number of likely N-dealkylation sites (N-methyl/N-ethyl adjacent to an activating group) is 1. The molecule has 7 heteroatoms. The molecule has 2 aliphatic rings. The van der Waals surface area contributed by atoms with E-state index in [2.05, 4.69) is 46.0 Å². The number of carbonyl (C=O) groups excluding carboxylic acids is 1. The highest BCUT2D eigenvalue weighted by Gasteiger charge is 2.27. The average Bonchev–Trinajstić information content (AvgIpc) is 2.70. The minimum Gasteiger partial charge on any atom is -0.356 e. The number of amides is 1. The molecule has 3 N–H and O–H groups in total. The molecule has 0 radical (unpaired) electrons. The summed E-state index contributed by atoms with van der Waals surface area (Å²) in [5.41, 5.74) is 2.12. The fourth-order valence-electron chi connectivity index (χ4n) is 4.62. The van der Waals surface area contributed by atoms with Crippen LogP contribution in [0.15, 0.2) is 29.3 Å². The van der Waals surface area contributed by atoms with Crippen molar-refractivity contribution in [1.29, 1.82) is 0 Å². The molecule has 0 aromatic heterocycles. The summed E-state index contributed by atoms with van der Waals surface area (Å²) in [7, 11) is 6.16. The Morgan fingerprint density at radius 1 is 1.21 bits per heavy atom. The normalized spacial score (nSPS) is 21.0. The van der Waals surface area contributed by atoms with Crippen LogP contribution < -0.4 is 16.0 Å². The van der Waals surface area contributed by atoms with Gasteiger partial charge in [0.05, 0.1) is 0 Å². The minimum atomic E-state index is 0. The van der Waals surface area contributed by atoms with E-state index in [-0.39, 0.29) is 35.8 Å². The Morgan fingerprint density at radius 2 is 1.93 bits per heavy atom. The fourth-order valence-corrected chi connectivity index (χ4v) is 4.62. The van der Waals surface area contributed by atoms with Crippen LogP contribution in [0.3, 0.4) is 0 Å². The molecular formula is C22H36IN5O. The molecule has 2 unspecified atom stereocenters. The van der Waals surface area contributed by atoms with E-state index in [1.54, 1.807) is 0 Å². The Hall–Kier alpha value is -1.35. The van der Waals surface area contributed by atoms with Crippen LogP contribution in [0.5, 0.6) is 0 Å². The summed E-state index contributed by atoms with van der Waals surface area (Å²) in [6.45, 7) is 1.58. The second kappa shape index (κ2) is 11.7. The van der Waals surface area contributed by atoms with Crippen molar-refractivity contribution in [3.63, 3.8) is 0 Å². The van der Waals surface area contributed by atoms with E-state index in [0.29, 0.717) is 19.0 Å². The molecule has 1 aliphatic heterocycles. The van der Waals surface area contributed by atoms with Crippen LogP contribution in [0.2, 0.25) is 0 Å². The Bertz CT molecular complexity index is 688. The van der Waals surface area contributed by atoms with Crippen molar-refractivity contribution in [2.24, 2.45) is 10.9 Å². The van der Waals surface area contributed by atoms with Gasteiger partial charge in [-0.1, -0.05) is 37.5 Å². The highest BCUT2D eigenvalue weighted by molar-refractivity contribution is 14.0. The molecule has 1 aromatic carbocycles. The van der Waals surface area contributed by atoms with Crippen LogP contribution in [0, 0.1) is 5.92 Å². The summed E-state index contributed by atoms with van der Waals surface area (Å²) in [5, 5.41) is 9.92. The molecule has 3 rings (SSSR count). The van der Waals surface area contributed by atoms with Crippen LogP contribution >= 0.6 is 24.0 Å². The van der Waals surface area contributed by atoms with Gasteiger partial charge in [-0.2, -0.15) is 0 Å². The van der Waals surface area contributed by atoms with Gasteiger partial charge in [0, 0.05) is 44.2 Å². The maximum Gasteiger partial charge on any atom is 0.225 e. The van der Waals surface area contributed by atoms with E-state index < -0.39 is 0 Å². The molecule has 1 fully saturated rings. The second-order valence-electron chi connectivity index (χ2n) is 8.30. The lowest BCUT2D eigenvalue weighted by Gasteiger charge is -2.35. The molecule has 1 heterocycles. The highest BCUT2D eigenvalue weighted by atomic mass is 127. The van der Waals surface area contributed by atoms with Gasteiger partial charge in [-0.05, 0) is 44.5 Å². The predicted octanol–water partition coefficient (Wildman–Crippen LogP) is 3.41. The molecule has 0 bridgehead atoms. The average molecular weight is 513 g/mol. The van der Waals surface area contributed by atoms with E-state index in [9.17, 15) is 4.79 Å². The topological polar surface area (TPSA) is 68.8 Å². The van der Waals surface area contributed by atoms with Crippen molar-refractivity contribution >= 4 is 41.5 Å². The molecule has 1 aromatic rings. The van der Waals surface area contributed by atoms with Gasteiger partial charge >= 0.3 is 0 Å². The number of nitrogens with one attached hydrogen (secondary N) is 3. The first kappa shape index (κ1) is 23.9. The second-order valence-corrected chi connectivity index (χ2v) is 8.30. The van der Waals surface area contributed by atoms with Crippen LogP contribution in [-0.2, 0) is 4.79 Å². The van der Waals surface area contributed by atoms with Gasteiger partial charge in [-0.3, -0.25) is 9.79 Å². The summed E-state index contributed by atoms with van der Waals surface area (Å²) < 4.78 is 0. The van der Waals surface area contributed by atoms with Crippen LogP contribution in [0.1, 0.15) is 50.0 Å². The van der Waals surface area contributed by atoms with Crippen molar-refractivity contribution in [3.8, 4) is 0 Å². The number of hydrogen-bond acceptors (Lipinski definition) is 3. The van der Waals surface area contributed by atoms with E-state index in [0.717, 1.165) is 24.1 Å². The summed E-state index contributed by atoms with van der Waals surface area (Å²) in [6.07, 6.45) is 7.23. The Kier molecular flexibility index (Phi) is 9.68. The molecule has 2 atom stereocenters. The zero-order valence-corrected chi connectivity index (χ0v) is 20.2. The van der Waals surface area contributed by atoms with Crippen LogP contribution in [0.4, 0.5) is 5.69 Å². The largest absolute Gasteiger partial charge is 0.356 e. The zero-order valence-electron chi connectivity index (χ0n) is 17.9. The van der Waals surface area contributed by atoms with Gasteiger partial charge in [0.1, 0.15) is 0 Å². The van der Waals surface area contributed by atoms with Gasteiger partial charge in [0.25, 0.3) is 0 Å². The highest BCUT2D eigenvalue weighted by Crippen LogP contribution is 2.31. The third-order valence-corrected chi connectivity index (χ3v) is 6.18. The Morgan fingerprint density at radius 3 is 2.62 bits per heavy atom. The van der Waals surface area contributed by atoms with Crippen LogP contribution in [0.25, 0.3) is 0 Å². The van der Waals surface area contributed by atoms with Crippen molar-refractivity contribution in [1.82, 2.24) is 15.5 Å². The smallest absolute Gasteiger partial charge is 0.225 e. The molecule has 1 saturated carbocycles. The number of benzene rings is 1. The van der Waals surface area contributed by atoms with Gasteiger partial charge in [-0.25, -0.2) is 0 Å². The van der Waals surface area contributed by atoms with Crippen molar-refractivity contribution < 1.29 is 4.79 Å². The summed E-state index contributed by atoms with van der Waals surface area (Å²) in [4.78, 5) is 18.8. The fraction of sp³-hybridized carbons (Fsp3) is 0.636. The lowest BCUT2D eigenvalue weighted by atomic mass is 9.83. The van der Waals surface area contributed by atoms with E-state index >= 15 is 0 Å². The molecule has 162 valence electrons. The number of hydrogen-bond donors (Lipinski definition) is 3. The van der Waals surface area contributed by atoms with Crippen molar-refractivity contribution in [2.75, 3.05) is 39.5 Å². The number of aliphatic imine (C=N–C) groups is 1. The number of fused-ring (bicyclic) bond motifs is 1. The SMILES string of the molecule is CN=C(NCC1CC(=O)Nc2ccccc21)NCC(C1CCCCC1)N(C)C.I. The first-order chi connectivity index (χ1) is 13.6. The maximum atomic E-state index is 12.0. The van der Waals surface area contributed by atoms with Gasteiger partial charge in [-0.15, -0.1) is 24.0 Å². The standard InChI is InChI=1S/C22H35N5O.HI/c1-23-22(25-15-20(27(2)3)16-9-5-4-6-10-16)24-14-17-13-21(28)26-19-12-8-7-11-18(17)19;/h7-8,11-12,16-17,20H,4-6,9-10,13-15H2,1-3H3,(H,26,28)(H2,23,24,25);1H. The lowest BCUT2D eigenvalue weighted by Crippen LogP contribution is -2.49. The number of rotatable bonds is 6. The molecule has 0 saturated heterocycles. The number of carbonyl (C=O) groups is 1. The van der Waals surface area contributed by atoms with Crippen LogP contribution in [-0.4, -0.2) is 57.0 Å². The third kappa shape index (κ3) is 6.57. The zero-order chi connectivity index (χ0) is 19.9. The molecule has 0 spiro atoms. The number of halogens is 1. The predicted molar refractivity (Wildman–Crippen MR) is 131 cm³/mol. The Labute approximate surface area is 192 Å². The minimum absolute atomic E-state index is 0. The van der Waals surface area contributed by atoms with Gasteiger partial charge < -0.3 is 20.9 Å². The van der Waals surface area contributed by atoms with E-state index in [4.69, 9.17) is 0 Å². The Balaban J connectivity index is 0.00000300. The summed E-state index contributed by atoms with van der Waals surface area (Å²) in [6, 6.07) is 8.57. The molecule has 6 nitrogen and oxygen atoms in total. The maximum absolute atomic E-state index is 12.0. The lowest BCUT2D eigenvalue weighted by molar-refractivity contribution is -0.116. The number of nitrogens with zero attached hydrogens (tertiary/aromatic N) is 2. The monoisotopic (exact) mass is 513 g/mol. The summed E-state index contributed by atoms with van der Waals surface area (Å²) in [5.74, 6) is 1.80. The molecule has 1 amide bonds. The van der Waals surface area contributed by atoms with Crippen molar-refractivity contribution in [2.45, 2.75) is 50.5 Å². The van der Waals surface area contributed by atoms with Gasteiger partial charge in [0.15, 0.2) is 5.96 Å². The summed E-state index contributed by atoms with van der Waals surface area (Å²) >= 11 is 0. The first-order valence-electron chi connectivity index (χ1n) is 10.6. The number of para-hydroxylation sites is 1. The van der Waals surface area contributed by atoms with Gasteiger partial charge in [0.2, 0.25) is 5.91 Å². The number of anilines is 1. The molecule has 1 aliphatic carbocycles. The molecular weight excluding hydrogens is 477 g/mol. The first-order valence-corrected chi connectivity index (χ1v) is 10.6. The van der Waals surface area contributed by atoms with E-state index in [1.165, 1.54) is 37.7 Å². The molecule has 29 heavy (non-hydrogen) atoms.